The molecule has 1 aromatic carbocycles. The Balaban J connectivity index is 1.73. The zero-order chi connectivity index (χ0) is 16.6. The van der Waals surface area contributed by atoms with Crippen molar-refractivity contribution in [1.29, 1.82) is 0 Å². The molecule has 1 fully saturated rings. The van der Waals surface area contributed by atoms with Gasteiger partial charge in [0.1, 0.15) is 0 Å². The van der Waals surface area contributed by atoms with Crippen LogP contribution in [0.5, 0.6) is 0 Å². The number of carbonyl (C=O) groups excluding carboxylic acids is 1. The number of pyridine rings is 1. The highest BCUT2D eigenvalue weighted by Crippen LogP contribution is 2.26. The first-order chi connectivity index (χ1) is 10.8. The summed E-state index contributed by atoms with van der Waals surface area (Å²) in [6.07, 6.45) is 0.217. The van der Waals surface area contributed by atoms with Gasteiger partial charge in [0.25, 0.3) is 0 Å². The minimum atomic E-state index is -0.477. The molecule has 23 heavy (non-hydrogen) atoms. The molecule has 1 aliphatic heterocycles. The summed E-state index contributed by atoms with van der Waals surface area (Å²) >= 11 is 0. The number of hydrogen-bond donors (Lipinski definition) is 1. The van der Waals surface area contributed by atoms with E-state index in [1.807, 2.05) is 51.1 Å². The molecular weight excluding hydrogens is 288 g/mol. The molecule has 0 bridgehead atoms. The van der Waals surface area contributed by atoms with Gasteiger partial charge in [-0.25, -0.2) is 0 Å². The first kappa shape index (κ1) is 15.9. The quantitative estimate of drug-likeness (QED) is 0.927. The van der Waals surface area contributed by atoms with Gasteiger partial charge in [0.15, 0.2) is 0 Å². The fourth-order valence-corrected chi connectivity index (χ4v) is 3.19. The lowest BCUT2D eigenvalue weighted by Crippen LogP contribution is -2.38. The van der Waals surface area contributed by atoms with Crippen molar-refractivity contribution >= 4 is 16.8 Å². The fraction of sp³-hybridized carbons (Fsp3) is 0.474. The largest absolute Gasteiger partial charge is 0.391 e. The minimum Gasteiger partial charge on any atom is -0.391 e. The van der Waals surface area contributed by atoms with E-state index in [1.165, 1.54) is 0 Å². The van der Waals surface area contributed by atoms with Crippen LogP contribution in [-0.4, -0.2) is 40.1 Å². The standard InChI is InChI=1S/C19H24N2O2/c1-19(2,3)18(23)21-11-14(17(22)12-21)10-15-9-8-13-6-4-5-7-16(13)20-15/h4-9,14,17,22H,10-12H2,1-3H3. The molecule has 2 atom stereocenters. The van der Waals surface area contributed by atoms with Gasteiger partial charge in [-0.05, 0) is 18.6 Å². The van der Waals surface area contributed by atoms with E-state index in [0.29, 0.717) is 19.5 Å². The molecular formula is C19H24N2O2. The van der Waals surface area contributed by atoms with Crippen molar-refractivity contribution in [3.05, 3.63) is 42.1 Å². The Labute approximate surface area is 137 Å². The summed E-state index contributed by atoms with van der Waals surface area (Å²) < 4.78 is 0. The van der Waals surface area contributed by atoms with Crippen LogP contribution in [0.3, 0.4) is 0 Å². The van der Waals surface area contributed by atoms with Crippen LogP contribution in [-0.2, 0) is 11.2 Å². The van der Waals surface area contributed by atoms with Crippen LogP contribution in [0.15, 0.2) is 36.4 Å². The van der Waals surface area contributed by atoms with Crippen LogP contribution in [0, 0.1) is 11.3 Å². The van der Waals surface area contributed by atoms with Crippen molar-refractivity contribution in [2.75, 3.05) is 13.1 Å². The third-order valence-electron chi connectivity index (χ3n) is 4.46. The first-order valence-corrected chi connectivity index (χ1v) is 8.17. The van der Waals surface area contributed by atoms with Crippen LogP contribution in [0.1, 0.15) is 26.5 Å². The number of aromatic nitrogens is 1. The topological polar surface area (TPSA) is 53.4 Å². The van der Waals surface area contributed by atoms with Crippen LogP contribution < -0.4 is 0 Å². The highest BCUT2D eigenvalue weighted by atomic mass is 16.3. The highest BCUT2D eigenvalue weighted by Gasteiger charge is 2.37. The molecule has 0 aliphatic carbocycles. The molecule has 2 unspecified atom stereocenters. The second-order valence-corrected chi connectivity index (χ2v) is 7.49. The predicted molar refractivity (Wildman–Crippen MR) is 91.0 cm³/mol. The second-order valence-electron chi connectivity index (χ2n) is 7.49. The summed E-state index contributed by atoms with van der Waals surface area (Å²) in [5.74, 6) is 0.153. The number of nitrogens with zero attached hydrogens (tertiary/aromatic N) is 2. The molecule has 0 spiro atoms. The van der Waals surface area contributed by atoms with Gasteiger partial charge in [0, 0.05) is 35.5 Å². The lowest BCUT2D eigenvalue weighted by atomic mass is 9.95. The van der Waals surface area contributed by atoms with Crippen molar-refractivity contribution in [2.45, 2.75) is 33.3 Å². The predicted octanol–water partition coefficient (Wildman–Crippen LogP) is 2.64. The molecule has 1 saturated heterocycles. The maximum atomic E-state index is 12.4. The van der Waals surface area contributed by atoms with Gasteiger partial charge in [-0.3, -0.25) is 9.78 Å². The Morgan fingerprint density at radius 1 is 1.22 bits per heavy atom. The van der Waals surface area contributed by atoms with Gasteiger partial charge in [0.2, 0.25) is 5.91 Å². The van der Waals surface area contributed by atoms with Crippen molar-refractivity contribution in [1.82, 2.24) is 9.88 Å². The third kappa shape index (κ3) is 3.37. The van der Waals surface area contributed by atoms with Gasteiger partial charge < -0.3 is 10.0 Å². The Kier molecular flexibility index (Phi) is 4.11. The third-order valence-corrected chi connectivity index (χ3v) is 4.46. The lowest BCUT2D eigenvalue weighted by Gasteiger charge is -2.25. The monoisotopic (exact) mass is 312 g/mol. The summed E-state index contributed by atoms with van der Waals surface area (Å²) in [5.41, 5.74) is 1.54. The number of carbonyl (C=O) groups is 1. The van der Waals surface area contributed by atoms with Crippen molar-refractivity contribution < 1.29 is 9.90 Å². The molecule has 0 saturated carbocycles. The molecule has 2 aromatic rings. The lowest BCUT2D eigenvalue weighted by molar-refractivity contribution is -0.138. The summed E-state index contributed by atoms with van der Waals surface area (Å²) in [5, 5.41) is 11.4. The average molecular weight is 312 g/mol. The molecule has 0 radical (unpaired) electrons. The van der Waals surface area contributed by atoms with E-state index in [0.717, 1.165) is 16.6 Å². The zero-order valence-corrected chi connectivity index (χ0v) is 14.0. The van der Waals surface area contributed by atoms with E-state index in [-0.39, 0.29) is 11.8 Å². The summed E-state index contributed by atoms with van der Waals surface area (Å²) in [6, 6.07) is 12.1. The Hall–Kier alpha value is -1.94. The van der Waals surface area contributed by atoms with E-state index in [4.69, 9.17) is 0 Å². The van der Waals surface area contributed by atoms with Crippen LogP contribution in [0.25, 0.3) is 10.9 Å². The first-order valence-electron chi connectivity index (χ1n) is 8.17. The number of hydrogen-bond acceptors (Lipinski definition) is 3. The smallest absolute Gasteiger partial charge is 0.228 e. The number of rotatable bonds is 2. The van der Waals surface area contributed by atoms with E-state index in [2.05, 4.69) is 11.1 Å². The average Bonchev–Trinajstić information content (AvgIpc) is 2.86. The summed E-state index contributed by atoms with van der Waals surface area (Å²) in [6.45, 7) is 6.78. The Morgan fingerprint density at radius 2 is 1.96 bits per heavy atom. The van der Waals surface area contributed by atoms with Gasteiger partial charge in [0.05, 0.1) is 11.6 Å². The molecule has 4 nitrogen and oxygen atoms in total. The molecule has 1 N–H and O–H groups in total. The van der Waals surface area contributed by atoms with Crippen molar-refractivity contribution in [3.8, 4) is 0 Å². The Bertz CT molecular complexity index is 721. The zero-order valence-electron chi connectivity index (χ0n) is 14.0. The normalized spacial score (nSPS) is 21.8. The number of para-hydroxylation sites is 1. The molecule has 2 heterocycles. The van der Waals surface area contributed by atoms with Gasteiger partial charge >= 0.3 is 0 Å². The van der Waals surface area contributed by atoms with Crippen LogP contribution >= 0.6 is 0 Å². The number of aliphatic hydroxyl groups excluding tert-OH is 1. The van der Waals surface area contributed by atoms with E-state index in [1.54, 1.807) is 4.90 Å². The number of likely N-dealkylation sites (tertiary alicyclic amines) is 1. The minimum absolute atomic E-state index is 0.0509. The molecule has 3 rings (SSSR count). The molecule has 1 amide bonds. The van der Waals surface area contributed by atoms with Crippen molar-refractivity contribution in [2.24, 2.45) is 11.3 Å². The van der Waals surface area contributed by atoms with Gasteiger partial charge in [-0.2, -0.15) is 0 Å². The van der Waals surface area contributed by atoms with Crippen molar-refractivity contribution in [3.63, 3.8) is 0 Å². The van der Waals surface area contributed by atoms with Crippen LogP contribution in [0.2, 0.25) is 0 Å². The number of amides is 1. The maximum Gasteiger partial charge on any atom is 0.228 e. The number of benzene rings is 1. The number of β-amino-alcohol motifs (C(OH)–C–C–N with tert-alkyl or cyclic N) is 1. The van der Waals surface area contributed by atoms with E-state index in [9.17, 15) is 9.90 Å². The number of fused-ring (bicyclic) bond motifs is 1. The fourth-order valence-electron chi connectivity index (χ4n) is 3.19. The summed E-state index contributed by atoms with van der Waals surface area (Å²) in [4.78, 5) is 18.8. The highest BCUT2D eigenvalue weighted by molar-refractivity contribution is 5.82. The maximum absolute atomic E-state index is 12.4. The SMILES string of the molecule is CC(C)(C)C(=O)N1CC(O)C(Cc2ccc3ccccc3n2)C1. The van der Waals surface area contributed by atoms with E-state index >= 15 is 0 Å². The molecule has 1 aromatic heterocycles. The van der Waals surface area contributed by atoms with Crippen LogP contribution in [0.4, 0.5) is 0 Å². The molecule has 122 valence electrons. The van der Waals surface area contributed by atoms with Gasteiger partial charge in [-0.15, -0.1) is 0 Å². The number of aliphatic hydroxyl groups is 1. The summed E-state index contributed by atoms with van der Waals surface area (Å²) in [7, 11) is 0. The molecule has 1 aliphatic rings. The van der Waals surface area contributed by atoms with E-state index < -0.39 is 11.5 Å². The van der Waals surface area contributed by atoms with Gasteiger partial charge in [-0.1, -0.05) is 45.0 Å². The molecule has 4 heteroatoms. The second kappa shape index (κ2) is 5.93. The Morgan fingerprint density at radius 3 is 2.70 bits per heavy atom.